The first kappa shape index (κ1) is 26.5. The second kappa shape index (κ2) is 10.4. The molecule has 2 amide bonds. The van der Waals surface area contributed by atoms with Gasteiger partial charge in [-0.25, -0.2) is 17.8 Å². The van der Waals surface area contributed by atoms with Gasteiger partial charge in [0, 0.05) is 37.8 Å². The molecule has 3 rings (SSSR count). The number of nitrogens with zero attached hydrogens (tertiary/aromatic N) is 3. The zero-order valence-corrected chi connectivity index (χ0v) is 21.2. The molecule has 0 atom stereocenters. The number of fused-ring (bicyclic) bond motifs is 1. The molecule has 0 aliphatic rings. The van der Waals surface area contributed by atoms with E-state index in [0.29, 0.717) is 5.56 Å². The molecule has 2 N–H and O–H groups in total. The summed E-state index contributed by atoms with van der Waals surface area (Å²) in [6, 6.07) is 6.47. The van der Waals surface area contributed by atoms with Crippen LogP contribution in [0.5, 0.6) is 5.75 Å². The summed E-state index contributed by atoms with van der Waals surface area (Å²) in [4.78, 5) is 32.8. The smallest absolute Gasteiger partial charge is 0.869 e. The van der Waals surface area contributed by atoms with E-state index in [-0.39, 0.29) is 58.4 Å². The Balaban J connectivity index is 0.00000385. The van der Waals surface area contributed by atoms with Crippen LogP contribution in [-0.2, 0) is 16.6 Å². The van der Waals surface area contributed by atoms with Crippen LogP contribution in [0.1, 0.15) is 26.4 Å². The van der Waals surface area contributed by atoms with Crippen LogP contribution in [0.2, 0.25) is 0 Å². The van der Waals surface area contributed by atoms with Crippen molar-refractivity contribution < 1.29 is 57.1 Å². The minimum Gasteiger partial charge on any atom is -0.869 e. The van der Waals surface area contributed by atoms with E-state index < -0.39 is 39.1 Å². The number of halogens is 1. The first-order chi connectivity index (χ1) is 15.0. The second-order valence-corrected chi connectivity index (χ2v) is 8.82. The molecule has 0 bridgehead atoms. The zero-order chi connectivity index (χ0) is 23.6. The van der Waals surface area contributed by atoms with Crippen LogP contribution in [-0.4, -0.2) is 50.6 Å². The molecule has 13 heteroatoms. The maximum atomic E-state index is 13.5. The topological polar surface area (TPSA) is 144 Å². The van der Waals surface area contributed by atoms with Crippen molar-refractivity contribution >= 4 is 38.6 Å². The van der Waals surface area contributed by atoms with E-state index in [1.54, 1.807) is 0 Å². The maximum Gasteiger partial charge on any atom is 1.00 e. The number of amides is 2. The van der Waals surface area contributed by atoms with Crippen LogP contribution >= 0.6 is 0 Å². The van der Waals surface area contributed by atoms with Crippen molar-refractivity contribution in [3.63, 3.8) is 0 Å². The van der Waals surface area contributed by atoms with Crippen molar-refractivity contribution in [1.29, 1.82) is 0 Å². The van der Waals surface area contributed by atoms with Gasteiger partial charge in [-0.15, -0.1) is 0 Å². The van der Waals surface area contributed by atoms with Gasteiger partial charge >= 0.3 is 29.6 Å². The zero-order valence-electron chi connectivity index (χ0n) is 18.3. The molecule has 168 valence electrons. The molecule has 0 radical (unpaired) electrons. The van der Waals surface area contributed by atoms with E-state index in [0.717, 1.165) is 22.7 Å². The molecule has 0 saturated heterocycles. The van der Waals surface area contributed by atoms with Crippen LogP contribution in [0.25, 0.3) is 10.9 Å². The summed E-state index contributed by atoms with van der Waals surface area (Å²) < 4.78 is 38.4. The fourth-order valence-electron chi connectivity index (χ4n) is 2.95. The second-order valence-electron chi connectivity index (χ2n) is 6.81. The molecule has 0 spiro atoms. The number of aromatic nitrogens is 2. The molecule has 1 aromatic carbocycles. The number of sulfonamides is 1. The molecule has 0 aliphatic carbocycles. The molecule has 3 aromatic rings. The number of anilines is 1. The normalized spacial score (nSPS) is 10.9. The number of hydrogen-bond acceptors (Lipinski definition) is 7. The Morgan fingerprint density at radius 1 is 1.21 bits per heavy atom. The number of rotatable bonds is 6. The summed E-state index contributed by atoms with van der Waals surface area (Å²) >= 11 is 0. The van der Waals surface area contributed by atoms with E-state index in [9.17, 15) is 27.5 Å². The van der Waals surface area contributed by atoms with E-state index in [2.05, 4.69) is 20.6 Å². The molecule has 0 aliphatic heterocycles. The first-order valence-electron chi connectivity index (χ1n) is 9.23. The van der Waals surface area contributed by atoms with Gasteiger partial charge < -0.3 is 15.7 Å². The van der Waals surface area contributed by atoms with Gasteiger partial charge in [0.25, 0.3) is 11.8 Å². The van der Waals surface area contributed by atoms with Gasteiger partial charge in [-0.05, 0) is 35.6 Å². The van der Waals surface area contributed by atoms with Crippen molar-refractivity contribution in [3.8, 4) is 5.75 Å². The van der Waals surface area contributed by atoms with E-state index >= 15 is 0 Å². The summed E-state index contributed by atoms with van der Waals surface area (Å²) in [5, 5.41) is 17.8. The van der Waals surface area contributed by atoms with Crippen LogP contribution in [0, 0.1) is 5.82 Å². The average molecular weight is 483 g/mol. The first-order valence-corrected chi connectivity index (χ1v) is 11.1. The van der Waals surface area contributed by atoms with Crippen molar-refractivity contribution in [2.75, 3.05) is 24.7 Å². The van der Waals surface area contributed by atoms with Gasteiger partial charge in [0.2, 0.25) is 10.0 Å². The minimum absolute atomic E-state index is 0. The maximum absolute atomic E-state index is 13.5. The third kappa shape index (κ3) is 5.58. The largest absolute Gasteiger partial charge is 1.00 e. The Kier molecular flexibility index (Phi) is 8.36. The summed E-state index contributed by atoms with van der Waals surface area (Å²) in [6.45, 7) is -0.208. The van der Waals surface area contributed by atoms with E-state index in [1.165, 1.54) is 38.5 Å². The third-order valence-electron chi connectivity index (χ3n) is 4.69. The number of pyridine rings is 2. The molecule has 33 heavy (non-hydrogen) atoms. The average Bonchev–Trinajstić information content (AvgIpc) is 2.76. The van der Waals surface area contributed by atoms with E-state index in [1.807, 2.05) is 0 Å². The quantitative estimate of drug-likeness (QED) is 0.370. The fraction of sp³-hybridized carbons (Fsp3) is 0.200. The molecule has 0 fully saturated rings. The van der Waals surface area contributed by atoms with Gasteiger partial charge in [0.1, 0.15) is 11.5 Å². The van der Waals surface area contributed by atoms with Gasteiger partial charge in [0.05, 0.1) is 11.8 Å². The minimum atomic E-state index is -3.75. The Morgan fingerprint density at radius 3 is 2.55 bits per heavy atom. The summed E-state index contributed by atoms with van der Waals surface area (Å²) in [5.74, 6) is -3.00. The molecule has 0 unspecified atom stereocenters. The predicted molar refractivity (Wildman–Crippen MR) is 113 cm³/mol. The number of nitrogens with one attached hydrogen (secondary N) is 2. The summed E-state index contributed by atoms with van der Waals surface area (Å²) in [6.07, 6.45) is 2.29. The third-order valence-corrected chi connectivity index (χ3v) is 5.86. The number of benzene rings is 1. The Bertz CT molecular complexity index is 1340. The Hall–Kier alpha value is -2.80. The van der Waals surface area contributed by atoms with Gasteiger partial charge in [-0.1, -0.05) is 6.07 Å². The van der Waals surface area contributed by atoms with E-state index in [4.69, 9.17) is 0 Å². The Labute approximate surface area is 211 Å². The number of carbonyl (C=O) groups is 2. The summed E-state index contributed by atoms with van der Waals surface area (Å²) in [5.41, 5.74) is -0.365. The molecule has 2 heterocycles. The molecule has 0 saturated carbocycles. The van der Waals surface area contributed by atoms with Crippen molar-refractivity contribution in [2.24, 2.45) is 0 Å². The predicted octanol–water partition coefficient (Wildman–Crippen LogP) is -2.47. The molecular formula is C20H19FN5NaO5S. The van der Waals surface area contributed by atoms with Crippen molar-refractivity contribution in [3.05, 3.63) is 59.2 Å². The van der Waals surface area contributed by atoms with Crippen LogP contribution in [0.4, 0.5) is 10.2 Å². The van der Waals surface area contributed by atoms with Gasteiger partial charge in [-0.2, -0.15) is 0 Å². The van der Waals surface area contributed by atoms with Gasteiger partial charge in [0.15, 0.2) is 5.82 Å². The van der Waals surface area contributed by atoms with Crippen LogP contribution < -0.4 is 49.6 Å². The fourth-order valence-corrected chi connectivity index (χ4v) is 3.41. The van der Waals surface area contributed by atoms with Crippen molar-refractivity contribution in [2.45, 2.75) is 6.54 Å². The van der Waals surface area contributed by atoms with Crippen LogP contribution in [0.15, 0.2) is 36.5 Å². The van der Waals surface area contributed by atoms with Crippen LogP contribution in [0.3, 0.4) is 0 Å². The molecule has 2 aromatic heterocycles. The standard InChI is InChI=1S/C20H20FN5O5S.Na/c1-22-19(28)14-9-12(21)7-6-11(14)10-24-20(29)16-17(27)15-13(5-4-8-23-15)18(25-16)26(2)32(3,30)31;/h4-9,27H,10H2,1-3H3,(H,22,28)(H,24,29);/q;+1/p-1. The summed E-state index contributed by atoms with van der Waals surface area (Å²) in [7, 11) is -1.13. The van der Waals surface area contributed by atoms with Crippen molar-refractivity contribution in [1.82, 2.24) is 20.6 Å². The molecular weight excluding hydrogens is 464 g/mol. The SMILES string of the molecule is CNC(=O)c1cc(F)ccc1CNC(=O)c1nc(N(C)S(C)(=O)=O)c2cccnc2c1[O-].[Na+]. The number of carbonyl (C=O) groups excluding carboxylic acids is 2. The Morgan fingerprint density at radius 2 is 1.91 bits per heavy atom. The molecule has 10 nitrogen and oxygen atoms in total. The monoisotopic (exact) mass is 483 g/mol. The number of hydrogen-bond donors (Lipinski definition) is 2. The van der Waals surface area contributed by atoms with Gasteiger partial charge in [-0.3, -0.25) is 18.9 Å².